The molecule has 1 aromatic carbocycles. The van der Waals surface area contributed by atoms with Crippen LogP contribution in [0.15, 0.2) is 55.0 Å². The second-order valence-electron chi connectivity index (χ2n) is 9.41. The predicted molar refractivity (Wildman–Crippen MR) is 131 cm³/mol. The fourth-order valence-electron chi connectivity index (χ4n) is 4.27. The first-order valence-corrected chi connectivity index (χ1v) is 12.1. The van der Waals surface area contributed by atoms with Gasteiger partial charge >= 0.3 is 24.3 Å². The monoisotopic (exact) mass is 588 g/mol. The Kier molecular flexibility index (Phi) is 9.76. The minimum absolute atomic E-state index is 0.116. The minimum atomic E-state index is -5.08. The summed E-state index contributed by atoms with van der Waals surface area (Å²) in [7, 11) is 0. The Balaban J connectivity index is 0.000000276. The maximum Gasteiger partial charge on any atom is 0.490 e. The van der Waals surface area contributed by atoms with Crippen molar-refractivity contribution in [1.29, 1.82) is 0 Å². The van der Waals surface area contributed by atoms with Gasteiger partial charge in [-0.2, -0.15) is 26.3 Å². The first-order valence-electron chi connectivity index (χ1n) is 12.1. The van der Waals surface area contributed by atoms with Crippen molar-refractivity contribution in [2.75, 3.05) is 13.1 Å². The fraction of sp³-hybridized carbons (Fsp3) is 0.385. The summed E-state index contributed by atoms with van der Waals surface area (Å²) >= 11 is 0. The Morgan fingerprint density at radius 1 is 0.976 bits per heavy atom. The van der Waals surface area contributed by atoms with E-state index >= 15 is 0 Å². The molecule has 1 saturated heterocycles. The second kappa shape index (κ2) is 12.7. The number of rotatable bonds is 3. The number of likely N-dealkylation sites (tertiary alicyclic amines) is 1. The van der Waals surface area contributed by atoms with Crippen molar-refractivity contribution in [3.8, 4) is 11.3 Å². The Bertz CT molecular complexity index is 1300. The maximum absolute atomic E-state index is 10.6. The van der Waals surface area contributed by atoms with E-state index < -0.39 is 24.3 Å². The molecule has 5 rings (SSSR count). The second-order valence-corrected chi connectivity index (χ2v) is 9.41. The van der Waals surface area contributed by atoms with Gasteiger partial charge in [-0.05, 0) is 30.5 Å². The van der Waals surface area contributed by atoms with Gasteiger partial charge in [0.05, 0.1) is 18.4 Å². The molecule has 1 spiro atoms. The number of carboxylic acids is 2. The number of hydrogen-bond donors (Lipinski definition) is 2. The summed E-state index contributed by atoms with van der Waals surface area (Å²) < 4.78 is 72.2. The van der Waals surface area contributed by atoms with Crippen LogP contribution in [0.4, 0.5) is 26.3 Å². The van der Waals surface area contributed by atoms with Gasteiger partial charge in [-0.3, -0.25) is 9.88 Å². The van der Waals surface area contributed by atoms with Crippen molar-refractivity contribution in [1.82, 2.24) is 19.4 Å². The van der Waals surface area contributed by atoms with Crippen LogP contribution in [0.3, 0.4) is 0 Å². The third kappa shape index (κ3) is 8.75. The topological polar surface area (TPSA) is 118 Å². The predicted octanol–water partition coefficient (Wildman–Crippen LogP) is 4.70. The van der Waals surface area contributed by atoms with E-state index in [1.807, 2.05) is 24.7 Å². The van der Waals surface area contributed by atoms with E-state index in [0.29, 0.717) is 6.61 Å². The van der Waals surface area contributed by atoms with Gasteiger partial charge in [0.25, 0.3) is 0 Å². The summed E-state index contributed by atoms with van der Waals surface area (Å²) in [5, 5.41) is 14.2. The van der Waals surface area contributed by atoms with Gasteiger partial charge in [0, 0.05) is 32.0 Å². The molecular formula is C26H26F6N4O5. The normalized spacial score (nSPS) is 18.5. The summed E-state index contributed by atoms with van der Waals surface area (Å²) in [4.78, 5) is 29.1. The van der Waals surface area contributed by atoms with Crippen LogP contribution in [-0.2, 0) is 34.0 Å². The average molecular weight is 589 g/mol. The number of benzene rings is 1. The molecule has 41 heavy (non-hydrogen) atoms. The van der Waals surface area contributed by atoms with Crippen LogP contribution in [0.5, 0.6) is 0 Å². The third-order valence-corrected chi connectivity index (χ3v) is 6.25. The van der Waals surface area contributed by atoms with E-state index in [1.54, 1.807) is 0 Å². The van der Waals surface area contributed by atoms with Gasteiger partial charge < -0.3 is 19.5 Å². The lowest BCUT2D eigenvalue weighted by Gasteiger charge is -2.35. The number of halogens is 6. The smallest absolute Gasteiger partial charge is 0.475 e. The Labute approximate surface area is 230 Å². The molecule has 1 unspecified atom stereocenters. The number of fused-ring (bicyclic) bond motifs is 1. The highest BCUT2D eigenvalue weighted by Gasteiger charge is 2.43. The van der Waals surface area contributed by atoms with Crippen LogP contribution in [-0.4, -0.2) is 72.6 Å². The van der Waals surface area contributed by atoms with Crippen molar-refractivity contribution < 1.29 is 50.9 Å². The molecule has 2 aliphatic heterocycles. The molecule has 222 valence electrons. The van der Waals surface area contributed by atoms with Crippen LogP contribution in [0.2, 0.25) is 0 Å². The number of carbonyl (C=O) groups is 2. The Hall–Kier alpha value is -3.98. The van der Waals surface area contributed by atoms with Gasteiger partial charge in [-0.25, -0.2) is 14.6 Å². The van der Waals surface area contributed by atoms with Crippen molar-refractivity contribution >= 4 is 11.9 Å². The number of aliphatic carboxylic acids is 2. The standard InChI is InChI=1S/C22H24N4O.2C2HF3O2/c1-17-4-6-19(7-5-17)20-12-24-21-14-27-22(16-26(20)21)8-10-25(15-22)13-18-3-2-9-23-11-18;2*3-2(4,5)1(6)7/h2-7,9,11-12H,8,10,13-16H2,1H3;2*(H,6,7). The molecule has 2 aliphatic rings. The number of nitrogens with zero attached hydrogens (tertiary/aromatic N) is 4. The lowest BCUT2D eigenvalue weighted by Crippen LogP contribution is -2.44. The van der Waals surface area contributed by atoms with Crippen molar-refractivity contribution in [3.63, 3.8) is 0 Å². The molecule has 9 nitrogen and oxygen atoms in total. The van der Waals surface area contributed by atoms with E-state index in [-0.39, 0.29) is 5.60 Å². The minimum Gasteiger partial charge on any atom is -0.475 e. The fourth-order valence-corrected chi connectivity index (χ4v) is 4.27. The largest absolute Gasteiger partial charge is 0.490 e. The van der Waals surface area contributed by atoms with Gasteiger partial charge in [0.15, 0.2) is 0 Å². The zero-order valence-electron chi connectivity index (χ0n) is 21.6. The molecule has 0 radical (unpaired) electrons. The molecule has 0 aliphatic carbocycles. The molecule has 0 bridgehead atoms. The number of imidazole rings is 1. The van der Waals surface area contributed by atoms with Gasteiger partial charge in [0.1, 0.15) is 18.0 Å². The summed E-state index contributed by atoms with van der Waals surface area (Å²) in [6.07, 6.45) is -3.34. The highest BCUT2D eigenvalue weighted by atomic mass is 19.4. The molecule has 15 heteroatoms. The van der Waals surface area contributed by atoms with E-state index in [2.05, 4.69) is 56.7 Å². The summed E-state index contributed by atoms with van der Waals surface area (Å²) in [6, 6.07) is 12.8. The van der Waals surface area contributed by atoms with Crippen molar-refractivity contribution in [2.24, 2.45) is 0 Å². The van der Waals surface area contributed by atoms with E-state index in [9.17, 15) is 26.3 Å². The molecular weight excluding hydrogens is 562 g/mol. The Morgan fingerprint density at radius 3 is 2.12 bits per heavy atom. The molecule has 4 heterocycles. The molecule has 0 amide bonds. The molecule has 3 aromatic rings. The van der Waals surface area contributed by atoms with E-state index in [1.165, 1.54) is 22.4 Å². The summed E-state index contributed by atoms with van der Waals surface area (Å²) in [5.74, 6) is -4.48. The quantitative estimate of drug-likeness (QED) is 0.423. The Morgan fingerprint density at radius 2 is 1.59 bits per heavy atom. The zero-order chi connectivity index (χ0) is 30.4. The molecule has 2 aromatic heterocycles. The van der Waals surface area contributed by atoms with Crippen LogP contribution < -0.4 is 0 Å². The van der Waals surface area contributed by atoms with Crippen molar-refractivity contribution in [2.45, 2.75) is 51.0 Å². The molecule has 1 fully saturated rings. The maximum atomic E-state index is 10.6. The van der Waals surface area contributed by atoms with Gasteiger partial charge in [-0.1, -0.05) is 35.9 Å². The number of hydrogen-bond acceptors (Lipinski definition) is 6. The number of aromatic nitrogens is 3. The average Bonchev–Trinajstić information content (AvgIpc) is 3.48. The number of ether oxygens (including phenoxy) is 1. The third-order valence-electron chi connectivity index (χ3n) is 6.25. The highest BCUT2D eigenvalue weighted by molar-refractivity contribution is 5.73. The lowest BCUT2D eigenvalue weighted by atomic mass is 10.0. The molecule has 1 atom stereocenters. The molecule has 2 N–H and O–H groups in total. The first-order chi connectivity index (χ1) is 19.1. The highest BCUT2D eigenvalue weighted by Crippen LogP contribution is 2.35. The summed E-state index contributed by atoms with van der Waals surface area (Å²) in [6.45, 7) is 6.52. The van der Waals surface area contributed by atoms with Crippen LogP contribution >= 0.6 is 0 Å². The van der Waals surface area contributed by atoms with Crippen LogP contribution in [0.25, 0.3) is 11.3 Å². The molecule has 0 saturated carbocycles. The number of alkyl halides is 6. The summed E-state index contributed by atoms with van der Waals surface area (Å²) in [5.41, 5.74) is 4.84. The van der Waals surface area contributed by atoms with Gasteiger partial charge in [-0.15, -0.1) is 0 Å². The van der Waals surface area contributed by atoms with Crippen LogP contribution in [0.1, 0.15) is 23.4 Å². The van der Waals surface area contributed by atoms with Gasteiger partial charge in [0.2, 0.25) is 0 Å². The zero-order valence-corrected chi connectivity index (χ0v) is 21.6. The number of pyridine rings is 1. The van der Waals surface area contributed by atoms with Crippen molar-refractivity contribution in [3.05, 3.63) is 71.9 Å². The van der Waals surface area contributed by atoms with E-state index in [4.69, 9.17) is 24.5 Å². The first kappa shape index (κ1) is 31.5. The van der Waals surface area contributed by atoms with E-state index in [0.717, 1.165) is 38.4 Å². The number of aryl methyl sites for hydroxylation is 1. The lowest BCUT2D eigenvalue weighted by molar-refractivity contribution is -0.193. The SMILES string of the molecule is Cc1ccc(-c2cnc3n2CC2(CCN(Cc4cccnc4)C2)OC3)cc1.O=C(O)C(F)(F)F.O=C(O)C(F)(F)F. The number of carboxylic acid groups (broad SMARTS) is 2. The van der Waals surface area contributed by atoms with Crippen LogP contribution in [0, 0.1) is 6.92 Å².